The molecule has 4 aromatic heterocycles. The number of rotatable bonds is 4. The molecule has 0 saturated heterocycles. The van der Waals surface area contributed by atoms with Crippen LogP contribution in [0.2, 0.25) is 0 Å². The van der Waals surface area contributed by atoms with Gasteiger partial charge >= 0.3 is 0 Å². The minimum absolute atomic E-state index is 1.18. The molecule has 3 nitrogen and oxygen atoms in total. The van der Waals surface area contributed by atoms with Gasteiger partial charge in [-0.2, -0.15) is 0 Å². The summed E-state index contributed by atoms with van der Waals surface area (Å²) in [4.78, 5) is 0. The van der Waals surface area contributed by atoms with Crippen LogP contribution >= 0.6 is 0 Å². The number of hydrogen-bond acceptors (Lipinski definition) is 0. The molecule has 0 aliphatic heterocycles. The van der Waals surface area contributed by atoms with Crippen molar-refractivity contribution in [3.8, 4) is 0 Å². The van der Waals surface area contributed by atoms with E-state index in [1.165, 1.54) is 103 Å². The summed E-state index contributed by atoms with van der Waals surface area (Å²) in [5, 5.41) is 13.0. The maximum absolute atomic E-state index is 2.79. The third kappa shape index (κ3) is 4.01. The van der Waals surface area contributed by atoms with E-state index in [1.54, 1.807) is 0 Å². The topological polar surface area (TPSA) is 13.2 Å². The van der Waals surface area contributed by atoms with Gasteiger partial charge in [-0.05, 0) is 57.1 Å². The molecule has 0 unspecified atom stereocenters. The summed E-state index contributed by atoms with van der Waals surface area (Å²) >= 11 is 0. The lowest BCUT2D eigenvalue weighted by Gasteiger charge is -2.34. The summed E-state index contributed by atoms with van der Waals surface area (Å²) < 4.78 is 7.65. The van der Waals surface area contributed by atoms with E-state index < -0.39 is 8.07 Å². The molecule has 58 heavy (non-hydrogen) atoms. The number of hydrogen-bond donors (Lipinski definition) is 0. The summed E-state index contributed by atoms with van der Waals surface area (Å²) in [6, 6.07) is 79.7. The van der Waals surface area contributed by atoms with Crippen LogP contribution in [0, 0.1) is 0 Å². The summed E-state index contributed by atoms with van der Waals surface area (Å²) in [5.74, 6) is 0. The average molecular weight is 754 g/mol. The van der Waals surface area contributed by atoms with Gasteiger partial charge in [-0.25, -0.2) is 0 Å². The fraction of sp³-hybridized carbons (Fsp3) is 0. The second kappa shape index (κ2) is 11.8. The van der Waals surface area contributed by atoms with Crippen molar-refractivity contribution in [2.24, 2.45) is 0 Å². The van der Waals surface area contributed by atoms with Crippen LogP contribution in [0.15, 0.2) is 212 Å². The zero-order valence-electron chi connectivity index (χ0n) is 31.5. The molecule has 13 rings (SSSR count). The molecule has 0 N–H and O–H groups in total. The summed E-state index contributed by atoms with van der Waals surface area (Å²) in [6.45, 7) is 0. The standard InChI is InChI=1S/C54H35N3Si/c1-4-17-36(18-5-1)58(37-19-6-2-7-20-37,38-21-8-3-9-22-38)39-33-34-48-45(35-39)44-27-16-32-51-54(44)57(48)50-31-15-26-43-41-24-10-12-28-46(41)55(53(43)50)49-30-14-25-42-40-23-11-13-29-47(40)56(51)52(42)49/h1-35H. The molecule has 0 fully saturated rings. The molecule has 0 saturated carbocycles. The van der Waals surface area contributed by atoms with Crippen molar-refractivity contribution in [3.63, 3.8) is 0 Å². The molecule has 0 atom stereocenters. The highest BCUT2D eigenvalue weighted by Crippen LogP contribution is 2.41. The first kappa shape index (κ1) is 31.8. The predicted octanol–water partition coefficient (Wildman–Crippen LogP) is 10.7. The van der Waals surface area contributed by atoms with Gasteiger partial charge in [0.05, 0.1) is 49.7 Å². The van der Waals surface area contributed by atoms with Crippen LogP contribution in [0.4, 0.5) is 0 Å². The molecule has 0 bridgehead atoms. The summed E-state index contributed by atoms with van der Waals surface area (Å²) in [5.41, 5.74) is 10.8. The van der Waals surface area contributed by atoms with E-state index in [2.05, 4.69) is 226 Å². The molecule has 13 aromatic rings. The number of para-hydroxylation sites is 5. The highest BCUT2D eigenvalue weighted by molar-refractivity contribution is 7.20. The Morgan fingerprint density at radius 1 is 0.224 bits per heavy atom. The van der Waals surface area contributed by atoms with Crippen LogP contribution < -0.4 is 20.7 Å². The van der Waals surface area contributed by atoms with E-state index >= 15 is 0 Å². The van der Waals surface area contributed by atoms with E-state index in [9.17, 15) is 0 Å². The predicted molar refractivity (Wildman–Crippen MR) is 248 cm³/mol. The highest BCUT2D eigenvalue weighted by atomic mass is 28.3. The Morgan fingerprint density at radius 2 is 0.552 bits per heavy atom. The number of aromatic nitrogens is 3. The Labute approximate surface area is 334 Å². The highest BCUT2D eigenvalue weighted by Gasteiger charge is 2.41. The number of benzene rings is 9. The van der Waals surface area contributed by atoms with Gasteiger partial charge in [-0.3, -0.25) is 0 Å². The second-order valence-electron chi connectivity index (χ2n) is 15.6. The van der Waals surface area contributed by atoms with Crippen molar-refractivity contribution in [1.29, 1.82) is 0 Å². The largest absolute Gasteiger partial charge is 0.305 e. The SMILES string of the molecule is c1ccc([Si](c2ccccc2)(c2ccccc2)c2ccc3c(c2)c2cccc4c2n3c2cccc3c5ccccc5n(c5cccc6c7ccccc7n4c65)c32)cc1. The van der Waals surface area contributed by atoms with Gasteiger partial charge in [0.15, 0.2) is 8.07 Å². The molecule has 4 heteroatoms. The van der Waals surface area contributed by atoms with Gasteiger partial charge in [0.1, 0.15) is 0 Å². The molecule has 9 aromatic carbocycles. The molecular weight excluding hydrogens is 719 g/mol. The Hall–Kier alpha value is -7.40. The van der Waals surface area contributed by atoms with E-state index in [-0.39, 0.29) is 0 Å². The fourth-order valence-electron chi connectivity index (χ4n) is 10.6. The van der Waals surface area contributed by atoms with Crippen LogP contribution in [0.25, 0.3) is 82.0 Å². The minimum atomic E-state index is -2.79. The maximum atomic E-state index is 2.57. The van der Waals surface area contributed by atoms with Crippen molar-refractivity contribution in [2.75, 3.05) is 0 Å². The van der Waals surface area contributed by atoms with Crippen molar-refractivity contribution in [3.05, 3.63) is 212 Å². The third-order valence-electron chi connectivity index (χ3n) is 12.9. The van der Waals surface area contributed by atoms with Gasteiger partial charge < -0.3 is 13.2 Å². The first-order valence-electron chi connectivity index (χ1n) is 20.1. The van der Waals surface area contributed by atoms with Crippen LogP contribution in [-0.2, 0) is 0 Å². The fourth-order valence-corrected chi connectivity index (χ4v) is 15.4. The first-order chi connectivity index (χ1) is 28.8. The Balaban J connectivity index is 1.31. The van der Waals surface area contributed by atoms with Crippen LogP contribution in [0.3, 0.4) is 0 Å². The molecular formula is C54H35N3Si. The Kier molecular flexibility index (Phi) is 6.47. The van der Waals surface area contributed by atoms with E-state index in [0.29, 0.717) is 0 Å². The van der Waals surface area contributed by atoms with Crippen molar-refractivity contribution >= 4 is 111 Å². The lowest BCUT2D eigenvalue weighted by Crippen LogP contribution is -2.74. The molecule has 0 aliphatic rings. The summed E-state index contributed by atoms with van der Waals surface area (Å²) in [6.07, 6.45) is 0. The van der Waals surface area contributed by atoms with E-state index in [4.69, 9.17) is 0 Å². The van der Waals surface area contributed by atoms with Gasteiger partial charge in [0, 0.05) is 32.3 Å². The molecule has 0 aliphatic carbocycles. The molecule has 0 amide bonds. The van der Waals surface area contributed by atoms with Gasteiger partial charge in [0.25, 0.3) is 0 Å². The number of fused-ring (bicyclic) bond motifs is 12. The Morgan fingerprint density at radius 3 is 0.983 bits per heavy atom. The maximum Gasteiger partial charge on any atom is 0.179 e. The van der Waals surface area contributed by atoms with Gasteiger partial charge in [-0.1, -0.05) is 176 Å². The number of nitrogens with zero attached hydrogens (tertiary/aromatic N) is 3. The normalized spacial score (nSPS) is 12.5. The lowest BCUT2D eigenvalue weighted by molar-refractivity contribution is 1.31. The van der Waals surface area contributed by atoms with Gasteiger partial charge in [-0.15, -0.1) is 0 Å². The first-order valence-corrected chi connectivity index (χ1v) is 22.1. The molecule has 0 radical (unpaired) electrons. The monoisotopic (exact) mass is 753 g/mol. The van der Waals surface area contributed by atoms with Crippen LogP contribution in [-0.4, -0.2) is 21.3 Å². The lowest BCUT2D eigenvalue weighted by atomic mass is 10.1. The molecule has 270 valence electrons. The van der Waals surface area contributed by atoms with Crippen LogP contribution in [0.5, 0.6) is 0 Å². The second-order valence-corrected chi connectivity index (χ2v) is 19.4. The van der Waals surface area contributed by atoms with Gasteiger partial charge in [0.2, 0.25) is 0 Å². The minimum Gasteiger partial charge on any atom is -0.305 e. The van der Waals surface area contributed by atoms with Crippen molar-refractivity contribution in [2.45, 2.75) is 0 Å². The smallest absolute Gasteiger partial charge is 0.179 e. The molecule has 0 spiro atoms. The zero-order chi connectivity index (χ0) is 38.0. The third-order valence-corrected chi connectivity index (χ3v) is 17.7. The van der Waals surface area contributed by atoms with E-state index in [0.717, 1.165) is 0 Å². The Bertz CT molecular complexity index is 3680. The molecule has 4 heterocycles. The van der Waals surface area contributed by atoms with Crippen LogP contribution in [0.1, 0.15) is 0 Å². The quantitative estimate of drug-likeness (QED) is 0.125. The van der Waals surface area contributed by atoms with Crippen molar-refractivity contribution < 1.29 is 0 Å². The zero-order valence-corrected chi connectivity index (χ0v) is 32.5. The van der Waals surface area contributed by atoms with E-state index in [1.807, 2.05) is 0 Å². The average Bonchev–Trinajstić information content (AvgIpc) is 3.94. The summed E-state index contributed by atoms with van der Waals surface area (Å²) in [7, 11) is -2.79. The van der Waals surface area contributed by atoms with Crippen molar-refractivity contribution in [1.82, 2.24) is 13.2 Å².